The second-order valence-corrected chi connectivity index (χ2v) is 7.03. The lowest BCUT2D eigenvalue weighted by Gasteiger charge is -2.33. The van der Waals surface area contributed by atoms with Crippen LogP contribution < -0.4 is 0 Å². The fourth-order valence-corrected chi connectivity index (χ4v) is 3.94. The number of morpholine rings is 1. The zero-order chi connectivity index (χ0) is 17.1. The molecule has 24 heavy (non-hydrogen) atoms. The summed E-state index contributed by atoms with van der Waals surface area (Å²) in [4.78, 5) is 17.2. The third-order valence-corrected chi connectivity index (χ3v) is 5.52. The molecule has 6 nitrogen and oxygen atoms in total. The molecule has 0 N–H and O–H groups in total. The summed E-state index contributed by atoms with van der Waals surface area (Å²) >= 11 is 0. The molecule has 0 unspecified atom stereocenters. The van der Waals surface area contributed by atoms with Crippen LogP contribution in [0.5, 0.6) is 0 Å². The Balaban J connectivity index is 1.65. The number of aromatic nitrogens is 1. The molecule has 0 saturated carbocycles. The van der Waals surface area contributed by atoms with Crippen LogP contribution in [-0.4, -0.2) is 66.3 Å². The van der Waals surface area contributed by atoms with E-state index in [1.54, 1.807) is 0 Å². The van der Waals surface area contributed by atoms with Crippen LogP contribution in [-0.2, 0) is 4.74 Å². The van der Waals surface area contributed by atoms with E-state index in [1.165, 1.54) is 0 Å². The Kier molecular flexibility index (Phi) is 5.56. The Morgan fingerprint density at radius 2 is 2.00 bits per heavy atom. The summed E-state index contributed by atoms with van der Waals surface area (Å²) < 4.78 is 10.8. The number of carbonyl (C=O) groups excluding carboxylic acids is 1. The van der Waals surface area contributed by atoms with Gasteiger partial charge in [-0.05, 0) is 18.8 Å². The maximum atomic E-state index is 12.8. The average Bonchev–Trinajstić information content (AvgIpc) is 3.23. The molecule has 6 heteroatoms. The van der Waals surface area contributed by atoms with Crippen molar-refractivity contribution in [1.82, 2.24) is 15.0 Å². The highest BCUT2D eigenvalue weighted by atomic mass is 16.5. The molecule has 3 rings (SSSR count). The van der Waals surface area contributed by atoms with E-state index < -0.39 is 0 Å². The number of nitrogens with zero attached hydrogens (tertiary/aromatic N) is 3. The van der Waals surface area contributed by atoms with Crippen LogP contribution in [0.25, 0.3) is 0 Å². The highest BCUT2D eigenvalue weighted by Gasteiger charge is 2.37. The lowest BCUT2D eigenvalue weighted by molar-refractivity contribution is 0.0118. The molecular formula is C18H29N3O3. The van der Waals surface area contributed by atoms with Gasteiger partial charge in [-0.2, -0.15) is 0 Å². The first-order valence-corrected chi connectivity index (χ1v) is 9.21. The van der Waals surface area contributed by atoms with Gasteiger partial charge in [0.05, 0.1) is 18.9 Å². The van der Waals surface area contributed by atoms with E-state index in [0.717, 1.165) is 57.9 Å². The molecular weight excluding hydrogens is 306 g/mol. The van der Waals surface area contributed by atoms with Crippen molar-refractivity contribution in [1.29, 1.82) is 0 Å². The molecule has 0 aromatic carbocycles. The van der Waals surface area contributed by atoms with Gasteiger partial charge in [0.2, 0.25) is 5.76 Å². The van der Waals surface area contributed by atoms with E-state index >= 15 is 0 Å². The van der Waals surface area contributed by atoms with E-state index in [1.807, 2.05) is 11.0 Å². The number of hydrogen-bond donors (Lipinski definition) is 0. The van der Waals surface area contributed by atoms with Crippen LogP contribution in [0, 0.1) is 5.92 Å². The third-order valence-electron chi connectivity index (χ3n) is 5.52. The van der Waals surface area contributed by atoms with Gasteiger partial charge in [0.25, 0.3) is 5.91 Å². The molecule has 0 aliphatic carbocycles. The van der Waals surface area contributed by atoms with Crippen molar-refractivity contribution in [2.75, 3.05) is 39.4 Å². The maximum Gasteiger partial charge on any atom is 0.292 e. The molecule has 2 fully saturated rings. The van der Waals surface area contributed by atoms with Crippen LogP contribution in [0.1, 0.15) is 55.8 Å². The van der Waals surface area contributed by atoms with Gasteiger partial charge >= 0.3 is 0 Å². The van der Waals surface area contributed by atoms with Gasteiger partial charge in [-0.1, -0.05) is 25.9 Å². The smallest absolute Gasteiger partial charge is 0.292 e. The van der Waals surface area contributed by atoms with Crippen molar-refractivity contribution < 1.29 is 14.1 Å². The fraction of sp³-hybridized carbons (Fsp3) is 0.778. The zero-order valence-electron chi connectivity index (χ0n) is 15.0. The first-order chi connectivity index (χ1) is 11.6. The van der Waals surface area contributed by atoms with Gasteiger partial charge in [0.1, 0.15) is 0 Å². The number of rotatable bonds is 5. The van der Waals surface area contributed by atoms with E-state index in [2.05, 4.69) is 30.8 Å². The lowest BCUT2D eigenvalue weighted by atomic mass is 9.99. The van der Waals surface area contributed by atoms with E-state index in [0.29, 0.717) is 23.6 Å². The van der Waals surface area contributed by atoms with Crippen molar-refractivity contribution in [2.24, 2.45) is 5.92 Å². The summed E-state index contributed by atoms with van der Waals surface area (Å²) in [5, 5.41) is 4.13. The highest BCUT2D eigenvalue weighted by Crippen LogP contribution is 2.26. The average molecular weight is 335 g/mol. The van der Waals surface area contributed by atoms with Crippen LogP contribution >= 0.6 is 0 Å². The Hall–Kier alpha value is -1.40. The monoisotopic (exact) mass is 335 g/mol. The molecule has 134 valence electrons. The molecule has 1 aromatic heterocycles. The molecule has 2 atom stereocenters. The number of likely N-dealkylation sites (tertiary alicyclic amines) is 1. The zero-order valence-corrected chi connectivity index (χ0v) is 15.0. The summed E-state index contributed by atoms with van der Waals surface area (Å²) in [5.41, 5.74) is 0.903. The predicted molar refractivity (Wildman–Crippen MR) is 91.1 cm³/mol. The quantitative estimate of drug-likeness (QED) is 0.827. The molecule has 0 bridgehead atoms. The van der Waals surface area contributed by atoms with Crippen LogP contribution in [0.15, 0.2) is 10.6 Å². The summed E-state index contributed by atoms with van der Waals surface area (Å²) in [6.45, 7) is 11.5. The summed E-state index contributed by atoms with van der Waals surface area (Å²) in [6, 6.07) is 2.26. The minimum atomic E-state index is -0.0256. The van der Waals surface area contributed by atoms with E-state index in [4.69, 9.17) is 9.26 Å². The maximum absolute atomic E-state index is 12.8. The molecule has 2 saturated heterocycles. The van der Waals surface area contributed by atoms with Crippen LogP contribution in [0.2, 0.25) is 0 Å². The Bertz CT molecular complexity index is 549. The molecule has 2 aliphatic rings. The second-order valence-electron chi connectivity index (χ2n) is 7.03. The van der Waals surface area contributed by atoms with Gasteiger partial charge in [-0.15, -0.1) is 0 Å². The van der Waals surface area contributed by atoms with Gasteiger partial charge in [-0.3, -0.25) is 9.69 Å². The topological polar surface area (TPSA) is 58.8 Å². The molecule has 2 aliphatic heterocycles. The SMILES string of the molecule is CCC(CC)c1cc(C(=O)N2C[C@@H](N3CCOCC3)[C@@H](C)C2)on1. The molecule has 0 spiro atoms. The minimum absolute atomic E-state index is 0.0256. The van der Waals surface area contributed by atoms with Crippen LogP contribution in [0.4, 0.5) is 0 Å². The second kappa shape index (κ2) is 7.66. The van der Waals surface area contributed by atoms with Gasteiger partial charge in [-0.25, -0.2) is 0 Å². The Labute approximate surface area is 144 Å². The minimum Gasteiger partial charge on any atom is -0.379 e. The molecule has 1 aromatic rings. The summed E-state index contributed by atoms with van der Waals surface area (Å²) in [7, 11) is 0. The van der Waals surface area contributed by atoms with Crippen molar-refractivity contribution in [3.05, 3.63) is 17.5 Å². The normalized spacial score (nSPS) is 25.6. The molecule has 0 radical (unpaired) electrons. The summed E-state index contributed by atoms with van der Waals surface area (Å²) in [5.74, 6) is 1.19. The molecule has 1 amide bonds. The van der Waals surface area contributed by atoms with Gasteiger partial charge < -0.3 is 14.2 Å². The summed E-state index contributed by atoms with van der Waals surface area (Å²) in [6.07, 6.45) is 2.02. The highest BCUT2D eigenvalue weighted by molar-refractivity contribution is 5.91. The largest absolute Gasteiger partial charge is 0.379 e. The molecule has 3 heterocycles. The fourth-order valence-electron chi connectivity index (χ4n) is 3.94. The first-order valence-electron chi connectivity index (χ1n) is 9.21. The van der Waals surface area contributed by atoms with Crippen LogP contribution in [0.3, 0.4) is 0 Å². The van der Waals surface area contributed by atoms with E-state index in [9.17, 15) is 4.79 Å². The van der Waals surface area contributed by atoms with Gasteiger partial charge in [0, 0.05) is 44.2 Å². The van der Waals surface area contributed by atoms with Crippen molar-refractivity contribution in [3.8, 4) is 0 Å². The van der Waals surface area contributed by atoms with Crippen molar-refractivity contribution >= 4 is 5.91 Å². The lowest BCUT2D eigenvalue weighted by Crippen LogP contribution is -2.47. The third kappa shape index (κ3) is 3.49. The number of carbonyl (C=O) groups is 1. The van der Waals surface area contributed by atoms with Crippen molar-refractivity contribution in [3.63, 3.8) is 0 Å². The number of amides is 1. The number of ether oxygens (including phenoxy) is 1. The van der Waals surface area contributed by atoms with Crippen molar-refractivity contribution in [2.45, 2.75) is 45.6 Å². The first kappa shape index (κ1) is 17.4. The van der Waals surface area contributed by atoms with Gasteiger partial charge in [0.15, 0.2) is 0 Å². The Morgan fingerprint density at radius 3 is 2.67 bits per heavy atom. The number of hydrogen-bond acceptors (Lipinski definition) is 5. The van der Waals surface area contributed by atoms with E-state index in [-0.39, 0.29) is 5.91 Å². The predicted octanol–water partition coefficient (Wildman–Crippen LogP) is 2.37. The Morgan fingerprint density at radius 1 is 1.29 bits per heavy atom. The standard InChI is InChI=1S/C18H29N3O3/c1-4-14(5-2)15-10-17(24-19-15)18(22)21-11-13(3)16(12-21)20-6-8-23-9-7-20/h10,13-14,16H,4-9,11-12H2,1-3H3/t13-,16+/m0/s1.